The molecule has 0 amide bonds. The largest absolute Gasteiger partial charge is 0.508 e. The summed E-state index contributed by atoms with van der Waals surface area (Å²) in [7, 11) is 0. The molecule has 0 aliphatic rings. The molecule has 92 valence electrons. The summed E-state index contributed by atoms with van der Waals surface area (Å²) in [6, 6.07) is 6.70. The van der Waals surface area contributed by atoms with E-state index in [2.05, 4.69) is 4.85 Å². The molecule has 0 unspecified atom stereocenters. The number of aromatic nitrogens is 1. The van der Waals surface area contributed by atoms with Crippen LogP contribution in [0.25, 0.3) is 10.5 Å². The average Bonchev–Trinajstić information content (AvgIpc) is 2.67. The molecule has 0 saturated carbocycles. The van der Waals surface area contributed by atoms with Crippen LogP contribution in [0.1, 0.15) is 25.3 Å². The maximum absolute atomic E-state index is 9.28. The molecule has 1 aromatic carbocycles. The zero-order valence-electron chi connectivity index (χ0n) is 10.4. The van der Waals surface area contributed by atoms with E-state index in [9.17, 15) is 5.11 Å². The number of rotatable bonds is 2. The Bertz CT molecular complexity index is 603. The highest BCUT2D eigenvalue weighted by atomic mass is 16.3. The molecule has 18 heavy (non-hydrogen) atoms. The molecule has 0 atom stereocenters. The number of phenols is 1. The van der Waals surface area contributed by atoms with Crippen LogP contribution in [0.15, 0.2) is 30.5 Å². The molecule has 0 spiro atoms. The van der Waals surface area contributed by atoms with Gasteiger partial charge in [-0.2, -0.15) is 0 Å². The van der Waals surface area contributed by atoms with Crippen molar-refractivity contribution in [2.24, 2.45) is 0 Å². The highest BCUT2D eigenvalue weighted by Crippen LogP contribution is 2.35. The van der Waals surface area contributed by atoms with Gasteiger partial charge in [0.15, 0.2) is 0 Å². The highest BCUT2D eigenvalue weighted by molar-refractivity contribution is 5.72. The number of aromatic hydroxyl groups is 1. The summed E-state index contributed by atoms with van der Waals surface area (Å²) in [5, 5.41) is 9.28. The van der Waals surface area contributed by atoms with Crippen molar-refractivity contribution in [2.75, 3.05) is 5.73 Å². The number of phenolic OH excluding ortho intramolecular Hbond substituents is 1. The van der Waals surface area contributed by atoms with Crippen molar-refractivity contribution in [1.82, 2.24) is 4.57 Å². The molecule has 0 saturated heterocycles. The molecule has 4 heteroatoms. The molecular formula is C14H15N3O. The van der Waals surface area contributed by atoms with Crippen LogP contribution in [0, 0.1) is 6.57 Å². The molecule has 4 nitrogen and oxygen atoms in total. The lowest BCUT2D eigenvalue weighted by atomic mass is 10.1. The average molecular weight is 241 g/mol. The third-order valence-electron chi connectivity index (χ3n) is 2.90. The second-order valence-electron chi connectivity index (χ2n) is 4.47. The Balaban J connectivity index is 2.61. The lowest BCUT2D eigenvalue weighted by Gasteiger charge is -2.02. The fourth-order valence-corrected chi connectivity index (χ4v) is 1.91. The lowest BCUT2D eigenvalue weighted by molar-refractivity contribution is 0.475. The predicted molar refractivity (Wildman–Crippen MR) is 72.2 cm³/mol. The van der Waals surface area contributed by atoms with Gasteiger partial charge in [-0.15, -0.1) is 0 Å². The van der Waals surface area contributed by atoms with Crippen LogP contribution in [0.2, 0.25) is 0 Å². The summed E-state index contributed by atoms with van der Waals surface area (Å²) in [6.45, 7) is 11.3. The van der Waals surface area contributed by atoms with E-state index in [1.807, 2.05) is 20.0 Å². The van der Waals surface area contributed by atoms with E-state index in [0.29, 0.717) is 11.5 Å². The molecule has 0 aliphatic heterocycles. The second-order valence-corrected chi connectivity index (χ2v) is 4.47. The molecule has 1 aromatic heterocycles. The quantitative estimate of drug-likeness (QED) is 0.791. The Morgan fingerprint density at radius 3 is 2.39 bits per heavy atom. The molecule has 0 bridgehead atoms. The Hall–Kier alpha value is -2.41. The topological polar surface area (TPSA) is 55.5 Å². The maximum atomic E-state index is 9.28. The van der Waals surface area contributed by atoms with Crippen LogP contribution in [-0.2, 0) is 0 Å². The zero-order valence-corrected chi connectivity index (χ0v) is 10.4. The van der Waals surface area contributed by atoms with Crippen molar-refractivity contribution in [3.05, 3.63) is 47.4 Å². The smallest absolute Gasteiger partial charge is 0.258 e. The van der Waals surface area contributed by atoms with Crippen LogP contribution in [0.5, 0.6) is 5.75 Å². The number of hydrogen-bond acceptors (Lipinski definition) is 2. The van der Waals surface area contributed by atoms with Gasteiger partial charge in [-0.25, -0.2) is 0 Å². The normalized spacial score (nSPS) is 10.6. The summed E-state index contributed by atoms with van der Waals surface area (Å²) in [5.74, 6) is 0.889. The van der Waals surface area contributed by atoms with Crippen molar-refractivity contribution in [3.63, 3.8) is 0 Å². The molecule has 0 aliphatic carbocycles. The molecule has 2 aromatic rings. The highest BCUT2D eigenvalue weighted by Gasteiger charge is 2.17. The molecule has 2 rings (SSSR count). The van der Waals surface area contributed by atoms with E-state index < -0.39 is 0 Å². The van der Waals surface area contributed by atoms with Crippen LogP contribution in [0.3, 0.4) is 0 Å². The van der Waals surface area contributed by atoms with Crippen molar-refractivity contribution in [3.8, 4) is 11.4 Å². The molecule has 1 heterocycles. The minimum atomic E-state index is 0.201. The molecule has 0 fully saturated rings. The van der Waals surface area contributed by atoms with Gasteiger partial charge in [-0.05, 0) is 30.2 Å². The van der Waals surface area contributed by atoms with Crippen LogP contribution < -0.4 is 5.73 Å². The maximum Gasteiger partial charge on any atom is 0.258 e. The van der Waals surface area contributed by atoms with Gasteiger partial charge < -0.3 is 15.7 Å². The summed E-state index contributed by atoms with van der Waals surface area (Å²) in [6.07, 6.45) is 1.89. The summed E-state index contributed by atoms with van der Waals surface area (Å²) in [5.41, 5.74) is 8.32. The standard InChI is InChI=1S/C14H15N3O/c1-9(2)12-8-17(14(16-3)13(12)15)10-4-6-11(18)7-5-10/h4-9,18H,15H2,1-2H3. The van der Waals surface area contributed by atoms with Gasteiger partial charge in [0.2, 0.25) is 0 Å². The number of nitrogens with two attached hydrogens (primary N) is 1. The Labute approximate surface area is 106 Å². The minimum absolute atomic E-state index is 0.201. The molecule has 3 N–H and O–H groups in total. The Morgan fingerprint density at radius 2 is 1.89 bits per heavy atom. The van der Waals surface area contributed by atoms with Gasteiger partial charge in [-0.1, -0.05) is 20.4 Å². The predicted octanol–water partition coefficient (Wildman–Crippen LogP) is 3.44. The lowest BCUT2D eigenvalue weighted by Crippen LogP contribution is -1.91. The first-order valence-electron chi connectivity index (χ1n) is 5.72. The van der Waals surface area contributed by atoms with Crippen molar-refractivity contribution in [1.29, 1.82) is 0 Å². The SMILES string of the molecule is [C-]#[N+]c1c(N)c(C(C)C)cn1-c1ccc(O)cc1. The number of nitrogens with zero attached hydrogens (tertiary/aromatic N) is 2. The Morgan fingerprint density at radius 1 is 1.28 bits per heavy atom. The van der Waals surface area contributed by atoms with E-state index in [0.717, 1.165) is 11.3 Å². The number of anilines is 1. The summed E-state index contributed by atoms with van der Waals surface area (Å²) in [4.78, 5) is 3.50. The van der Waals surface area contributed by atoms with Gasteiger partial charge in [0, 0.05) is 5.56 Å². The van der Waals surface area contributed by atoms with Gasteiger partial charge in [0.05, 0.1) is 11.9 Å². The van der Waals surface area contributed by atoms with Gasteiger partial charge in [0.25, 0.3) is 5.82 Å². The number of hydrogen-bond donors (Lipinski definition) is 2. The second kappa shape index (κ2) is 4.46. The Kier molecular flexibility index (Phi) is 2.99. The summed E-state index contributed by atoms with van der Waals surface area (Å²) >= 11 is 0. The number of nitrogen functional groups attached to an aromatic ring is 1. The minimum Gasteiger partial charge on any atom is -0.508 e. The van der Waals surface area contributed by atoms with Crippen molar-refractivity contribution in [2.45, 2.75) is 19.8 Å². The van der Waals surface area contributed by atoms with Crippen LogP contribution >= 0.6 is 0 Å². The third kappa shape index (κ3) is 1.91. The van der Waals surface area contributed by atoms with Crippen molar-refractivity contribution >= 4 is 11.5 Å². The fourth-order valence-electron chi connectivity index (χ4n) is 1.91. The van der Waals surface area contributed by atoms with Crippen LogP contribution in [-0.4, -0.2) is 9.67 Å². The van der Waals surface area contributed by atoms with E-state index in [-0.39, 0.29) is 11.7 Å². The fraction of sp³-hybridized carbons (Fsp3) is 0.214. The van der Waals surface area contributed by atoms with Gasteiger partial charge in [0.1, 0.15) is 11.4 Å². The zero-order chi connectivity index (χ0) is 13.3. The monoisotopic (exact) mass is 241 g/mol. The first-order valence-corrected chi connectivity index (χ1v) is 5.72. The number of benzene rings is 1. The van der Waals surface area contributed by atoms with Gasteiger partial charge >= 0.3 is 0 Å². The third-order valence-corrected chi connectivity index (χ3v) is 2.90. The van der Waals surface area contributed by atoms with Gasteiger partial charge in [-0.3, -0.25) is 4.57 Å². The summed E-state index contributed by atoms with van der Waals surface area (Å²) < 4.78 is 1.76. The first kappa shape index (κ1) is 12.1. The van der Waals surface area contributed by atoms with Crippen LogP contribution in [0.4, 0.5) is 11.5 Å². The van der Waals surface area contributed by atoms with E-state index in [1.165, 1.54) is 0 Å². The molecular weight excluding hydrogens is 226 g/mol. The molecule has 0 radical (unpaired) electrons. The van der Waals surface area contributed by atoms with E-state index >= 15 is 0 Å². The first-order chi connectivity index (χ1) is 8.54. The van der Waals surface area contributed by atoms with E-state index in [1.54, 1.807) is 28.8 Å². The van der Waals surface area contributed by atoms with Crippen molar-refractivity contribution < 1.29 is 5.11 Å². The van der Waals surface area contributed by atoms with E-state index in [4.69, 9.17) is 12.3 Å².